The van der Waals surface area contributed by atoms with Crippen LogP contribution in [0.15, 0.2) is 0 Å². The zero-order valence-corrected chi connectivity index (χ0v) is 9.00. The molecule has 0 bridgehead atoms. The SMILES string of the molecule is NCCSC1CC[C@H]1SCCN. The van der Waals surface area contributed by atoms with Gasteiger partial charge in [-0.1, -0.05) is 0 Å². The van der Waals surface area contributed by atoms with E-state index in [9.17, 15) is 0 Å². The average Bonchev–Trinajstić information content (AvgIpc) is 2.04. The van der Waals surface area contributed by atoms with Crippen molar-refractivity contribution in [1.82, 2.24) is 0 Å². The van der Waals surface area contributed by atoms with Crippen LogP contribution in [-0.4, -0.2) is 35.1 Å². The summed E-state index contributed by atoms with van der Waals surface area (Å²) in [6.45, 7) is 1.63. The lowest BCUT2D eigenvalue weighted by Gasteiger charge is -2.35. The second-order valence-electron chi connectivity index (χ2n) is 2.97. The highest BCUT2D eigenvalue weighted by atomic mass is 32.2. The van der Waals surface area contributed by atoms with E-state index in [0.29, 0.717) is 0 Å². The summed E-state index contributed by atoms with van der Waals surface area (Å²) < 4.78 is 0. The number of hydrogen-bond donors (Lipinski definition) is 2. The average molecular weight is 206 g/mol. The van der Waals surface area contributed by atoms with Gasteiger partial charge in [0.25, 0.3) is 0 Å². The molecule has 4 heteroatoms. The van der Waals surface area contributed by atoms with Crippen molar-refractivity contribution in [3.63, 3.8) is 0 Å². The minimum atomic E-state index is 0.815. The summed E-state index contributed by atoms with van der Waals surface area (Å²) in [6, 6.07) is 0. The molecule has 0 saturated heterocycles. The zero-order chi connectivity index (χ0) is 8.81. The minimum Gasteiger partial charge on any atom is -0.330 e. The highest BCUT2D eigenvalue weighted by Crippen LogP contribution is 2.39. The van der Waals surface area contributed by atoms with Gasteiger partial charge in [0.2, 0.25) is 0 Å². The fourth-order valence-corrected chi connectivity index (χ4v) is 3.92. The molecular weight excluding hydrogens is 188 g/mol. The molecule has 0 radical (unpaired) electrons. The van der Waals surface area contributed by atoms with Crippen LogP contribution in [0.4, 0.5) is 0 Å². The Bertz CT molecular complexity index is 108. The molecule has 12 heavy (non-hydrogen) atoms. The van der Waals surface area contributed by atoms with Crippen LogP contribution in [0, 0.1) is 0 Å². The lowest BCUT2D eigenvalue weighted by molar-refractivity contribution is 0.540. The van der Waals surface area contributed by atoms with Gasteiger partial charge in [-0.3, -0.25) is 0 Å². The van der Waals surface area contributed by atoms with E-state index in [1.165, 1.54) is 12.8 Å². The molecule has 1 fully saturated rings. The highest BCUT2D eigenvalue weighted by molar-refractivity contribution is 8.04. The van der Waals surface area contributed by atoms with E-state index in [4.69, 9.17) is 11.5 Å². The van der Waals surface area contributed by atoms with Crippen molar-refractivity contribution in [2.24, 2.45) is 11.5 Å². The molecule has 4 N–H and O–H groups in total. The van der Waals surface area contributed by atoms with Gasteiger partial charge in [0, 0.05) is 35.1 Å². The van der Waals surface area contributed by atoms with Crippen molar-refractivity contribution in [3.8, 4) is 0 Å². The molecule has 0 aromatic heterocycles. The van der Waals surface area contributed by atoms with Crippen LogP contribution in [0.5, 0.6) is 0 Å². The van der Waals surface area contributed by atoms with E-state index in [1.807, 2.05) is 23.5 Å². The molecule has 1 rings (SSSR count). The molecule has 2 nitrogen and oxygen atoms in total. The number of nitrogens with two attached hydrogens (primary N) is 2. The molecular formula is C8H18N2S2. The predicted molar refractivity (Wildman–Crippen MR) is 59.8 cm³/mol. The first-order valence-corrected chi connectivity index (χ1v) is 6.61. The maximum atomic E-state index is 5.45. The molecule has 1 aliphatic rings. The van der Waals surface area contributed by atoms with Crippen LogP contribution in [0.25, 0.3) is 0 Å². The van der Waals surface area contributed by atoms with Crippen LogP contribution < -0.4 is 11.5 Å². The Hall–Kier alpha value is 0.620. The van der Waals surface area contributed by atoms with Crippen molar-refractivity contribution in [3.05, 3.63) is 0 Å². The first kappa shape index (κ1) is 10.7. The normalized spacial score (nSPS) is 28.5. The Morgan fingerprint density at radius 3 is 1.58 bits per heavy atom. The second kappa shape index (κ2) is 6.13. The van der Waals surface area contributed by atoms with Crippen LogP contribution in [-0.2, 0) is 0 Å². The maximum absolute atomic E-state index is 5.45. The molecule has 72 valence electrons. The second-order valence-corrected chi connectivity index (χ2v) is 5.67. The standard InChI is InChI=1S/C8H18N2S2/c9-3-5-11-7-1-2-8(7)12-6-4-10/h7-8H,1-6,9-10H2/t7-,8?/m1/s1. The Morgan fingerprint density at radius 2 is 1.33 bits per heavy atom. The fourth-order valence-electron chi connectivity index (χ4n) is 1.26. The van der Waals surface area contributed by atoms with Gasteiger partial charge in [-0.05, 0) is 12.8 Å². The number of rotatable bonds is 6. The summed E-state index contributed by atoms with van der Waals surface area (Å²) in [5.74, 6) is 2.23. The first-order chi connectivity index (χ1) is 5.88. The summed E-state index contributed by atoms with van der Waals surface area (Å²) >= 11 is 4.07. The largest absolute Gasteiger partial charge is 0.330 e. The Balaban J connectivity index is 2.03. The van der Waals surface area contributed by atoms with Crippen LogP contribution in [0.3, 0.4) is 0 Å². The van der Waals surface area contributed by atoms with E-state index < -0.39 is 0 Å². The molecule has 1 aliphatic carbocycles. The predicted octanol–water partition coefficient (Wildman–Crippen LogP) is 0.901. The third kappa shape index (κ3) is 3.17. The molecule has 2 atom stereocenters. The van der Waals surface area contributed by atoms with E-state index in [1.54, 1.807) is 0 Å². The van der Waals surface area contributed by atoms with Crippen LogP contribution >= 0.6 is 23.5 Å². The molecule has 0 spiro atoms. The van der Waals surface area contributed by atoms with Crippen molar-refractivity contribution < 1.29 is 0 Å². The van der Waals surface area contributed by atoms with Crippen molar-refractivity contribution in [2.75, 3.05) is 24.6 Å². The van der Waals surface area contributed by atoms with Crippen molar-refractivity contribution in [1.29, 1.82) is 0 Å². The summed E-state index contributed by atoms with van der Waals surface area (Å²) in [7, 11) is 0. The van der Waals surface area contributed by atoms with Gasteiger partial charge in [0.05, 0.1) is 0 Å². The summed E-state index contributed by atoms with van der Waals surface area (Å²) in [5, 5.41) is 1.73. The topological polar surface area (TPSA) is 52.0 Å². The van der Waals surface area contributed by atoms with Crippen LogP contribution in [0.2, 0.25) is 0 Å². The fraction of sp³-hybridized carbons (Fsp3) is 1.00. The van der Waals surface area contributed by atoms with Gasteiger partial charge in [-0.25, -0.2) is 0 Å². The lowest BCUT2D eigenvalue weighted by atomic mass is 9.99. The summed E-state index contributed by atoms with van der Waals surface area (Å²) in [4.78, 5) is 0. The van der Waals surface area contributed by atoms with Gasteiger partial charge in [-0.2, -0.15) is 23.5 Å². The van der Waals surface area contributed by atoms with E-state index in [-0.39, 0.29) is 0 Å². The summed E-state index contributed by atoms with van der Waals surface area (Å²) in [5.41, 5.74) is 10.9. The molecule has 0 aromatic carbocycles. The molecule has 1 saturated carbocycles. The molecule has 0 aliphatic heterocycles. The quantitative estimate of drug-likeness (QED) is 0.678. The van der Waals surface area contributed by atoms with Gasteiger partial charge < -0.3 is 11.5 Å². The highest BCUT2D eigenvalue weighted by Gasteiger charge is 2.30. The number of thioether (sulfide) groups is 2. The maximum Gasteiger partial charge on any atom is 0.0167 e. The van der Waals surface area contributed by atoms with Crippen LogP contribution in [0.1, 0.15) is 12.8 Å². The molecule has 0 heterocycles. The Kier molecular flexibility index (Phi) is 5.47. The van der Waals surface area contributed by atoms with Crippen molar-refractivity contribution >= 4 is 23.5 Å². The minimum absolute atomic E-state index is 0.815. The first-order valence-electron chi connectivity index (χ1n) is 4.52. The lowest BCUT2D eigenvalue weighted by Crippen LogP contribution is -2.33. The molecule has 0 aromatic rings. The van der Waals surface area contributed by atoms with E-state index in [2.05, 4.69) is 0 Å². The number of hydrogen-bond acceptors (Lipinski definition) is 4. The van der Waals surface area contributed by atoms with E-state index >= 15 is 0 Å². The van der Waals surface area contributed by atoms with Gasteiger partial charge in [-0.15, -0.1) is 0 Å². The van der Waals surface area contributed by atoms with Gasteiger partial charge in [0.1, 0.15) is 0 Å². The Labute approximate surface area is 83.2 Å². The third-order valence-corrected chi connectivity index (χ3v) is 5.15. The molecule has 0 amide bonds. The van der Waals surface area contributed by atoms with Gasteiger partial charge >= 0.3 is 0 Å². The Morgan fingerprint density at radius 1 is 0.917 bits per heavy atom. The van der Waals surface area contributed by atoms with Gasteiger partial charge in [0.15, 0.2) is 0 Å². The smallest absolute Gasteiger partial charge is 0.0167 e. The third-order valence-electron chi connectivity index (χ3n) is 2.05. The zero-order valence-electron chi connectivity index (χ0n) is 7.37. The molecule has 1 unspecified atom stereocenters. The monoisotopic (exact) mass is 206 g/mol. The van der Waals surface area contributed by atoms with E-state index in [0.717, 1.165) is 35.1 Å². The summed E-state index contributed by atoms with van der Waals surface area (Å²) in [6.07, 6.45) is 2.76. The van der Waals surface area contributed by atoms with Crippen molar-refractivity contribution in [2.45, 2.75) is 23.3 Å².